The number of ether oxygens (including phenoxy) is 3. The van der Waals surface area contributed by atoms with Crippen molar-refractivity contribution >= 4 is 23.9 Å². The number of rotatable bonds is 10. The molecule has 0 aromatic heterocycles. The van der Waals surface area contributed by atoms with Gasteiger partial charge in [-0.1, -0.05) is 36.4 Å². The van der Waals surface area contributed by atoms with Crippen molar-refractivity contribution in [2.45, 2.75) is 19.3 Å². The molecule has 1 atom stereocenters. The number of hydrogen-bond donors (Lipinski definition) is 5. The first-order chi connectivity index (χ1) is 19.4. The summed E-state index contributed by atoms with van der Waals surface area (Å²) in [4.78, 5) is 40.8. The van der Waals surface area contributed by atoms with Crippen LogP contribution in [0.2, 0.25) is 0 Å². The summed E-state index contributed by atoms with van der Waals surface area (Å²) in [5, 5.41) is 40.0. The number of hydrogen-bond acceptors (Lipinski definition) is 10. The Morgan fingerprint density at radius 3 is 1.95 bits per heavy atom. The third-order valence-corrected chi connectivity index (χ3v) is 5.38. The van der Waals surface area contributed by atoms with Crippen molar-refractivity contribution in [2.24, 2.45) is 0 Å². The number of carboxylic acid groups (broad SMARTS) is 4. The van der Waals surface area contributed by atoms with Gasteiger partial charge in [-0.3, -0.25) is 9.80 Å². The first-order valence-corrected chi connectivity index (χ1v) is 12.4. The largest absolute Gasteiger partial charge is 0.493 e. The van der Waals surface area contributed by atoms with E-state index >= 15 is 0 Å². The molecular weight excluding hydrogens is 544 g/mol. The van der Waals surface area contributed by atoms with Gasteiger partial charge in [0.2, 0.25) is 0 Å². The van der Waals surface area contributed by atoms with Crippen LogP contribution < -0.4 is 9.47 Å². The summed E-state index contributed by atoms with van der Waals surface area (Å²) in [5.74, 6) is -5.84. The van der Waals surface area contributed by atoms with Crippen molar-refractivity contribution in [1.29, 1.82) is 0 Å². The monoisotopic (exact) mass is 580 g/mol. The molecule has 0 radical (unpaired) electrons. The topological polar surface area (TPSA) is 204 Å². The van der Waals surface area contributed by atoms with Gasteiger partial charge in [0.1, 0.15) is 6.61 Å². The highest BCUT2D eigenvalue weighted by molar-refractivity contribution is 6.27. The van der Waals surface area contributed by atoms with Crippen LogP contribution in [0.1, 0.15) is 11.1 Å². The third-order valence-electron chi connectivity index (χ3n) is 5.38. The molecule has 1 saturated heterocycles. The normalized spacial score (nSPS) is 13.5. The molecule has 14 heteroatoms. The fourth-order valence-corrected chi connectivity index (χ4v) is 3.54. The Labute approximate surface area is 236 Å². The number of aliphatic carboxylic acids is 4. The lowest BCUT2D eigenvalue weighted by molar-refractivity contribution is -0.159. The molecule has 1 heterocycles. The van der Waals surface area contributed by atoms with E-state index in [0.717, 1.165) is 55.5 Å². The summed E-state index contributed by atoms with van der Waals surface area (Å²) >= 11 is 0. The van der Waals surface area contributed by atoms with Crippen molar-refractivity contribution in [3.05, 3.63) is 59.7 Å². The highest BCUT2D eigenvalue weighted by Gasteiger charge is 2.17. The second kappa shape index (κ2) is 18.9. The summed E-state index contributed by atoms with van der Waals surface area (Å²) in [6.45, 7) is 5.82. The molecule has 41 heavy (non-hydrogen) atoms. The van der Waals surface area contributed by atoms with Gasteiger partial charge in [-0.25, -0.2) is 19.2 Å². The summed E-state index contributed by atoms with van der Waals surface area (Å²) in [5.41, 5.74) is 2.24. The Hall–Kier alpha value is -4.24. The van der Waals surface area contributed by atoms with Crippen molar-refractivity contribution in [3.8, 4) is 11.5 Å². The van der Waals surface area contributed by atoms with Gasteiger partial charge in [0.25, 0.3) is 0 Å². The molecule has 0 aliphatic carbocycles. The van der Waals surface area contributed by atoms with Gasteiger partial charge in [-0.05, 0) is 30.3 Å². The molecule has 5 N–H and O–H groups in total. The van der Waals surface area contributed by atoms with Crippen LogP contribution in [-0.4, -0.2) is 119 Å². The van der Waals surface area contributed by atoms with Crippen LogP contribution in [-0.2, 0) is 37.1 Å². The number of nitrogens with zero attached hydrogens (tertiary/aromatic N) is 2. The van der Waals surface area contributed by atoms with Crippen LogP contribution in [0.3, 0.4) is 0 Å². The van der Waals surface area contributed by atoms with Gasteiger partial charge in [-0.2, -0.15) is 0 Å². The van der Waals surface area contributed by atoms with Crippen molar-refractivity contribution in [3.63, 3.8) is 0 Å². The van der Waals surface area contributed by atoms with E-state index in [-0.39, 0.29) is 6.10 Å². The number of aliphatic hydroxyl groups is 1. The van der Waals surface area contributed by atoms with Gasteiger partial charge in [-0.15, -0.1) is 0 Å². The van der Waals surface area contributed by atoms with Crippen molar-refractivity contribution < 1.29 is 58.9 Å². The number of β-amino-alcohol motifs (C(OH)–C–C–N with tert-alkyl or cyclic N) is 1. The standard InChI is InChI=1S/C23H32N2O4.2C2H2O4/c1-24(16-21(26)17-25-10-12-28-13-11-25)15-20-8-9-22(23(14-20)27-2)29-18-19-6-4-3-5-7-19;2*3-1(4)2(5)6/h3-9,14,21,26H,10-13,15-18H2,1-2H3;2*(H,3,4)(H,5,6). The summed E-state index contributed by atoms with van der Waals surface area (Å²) in [6, 6.07) is 16.1. The molecule has 2 aromatic carbocycles. The molecule has 1 aliphatic rings. The molecule has 1 fully saturated rings. The van der Waals surface area contributed by atoms with Gasteiger partial charge in [0, 0.05) is 32.7 Å². The number of carboxylic acids is 4. The quantitative estimate of drug-likeness (QED) is 0.246. The molecule has 0 amide bonds. The fourth-order valence-electron chi connectivity index (χ4n) is 3.54. The minimum absolute atomic E-state index is 0.381. The zero-order valence-corrected chi connectivity index (χ0v) is 22.8. The number of morpholine rings is 1. The second-order valence-corrected chi connectivity index (χ2v) is 8.74. The number of aliphatic hydroxyl groups excluding tert-OH is 1. The zero-order valence-electron chi connectivity index (χ0n) is 22.8. The molecule has 226 valence electrons. The Kier molecular flexibility index (Phi) is 16.1. The molecule has 0 spiro atoms. The molecular formula is C27H36N2O12. The van der Waals surface area contributed by atoms with Crippen molar-refractivity contribution in [2.75, 3.05) is 53.6 Å². The molecule has 0 saturated carbocycles. The van der Waals surface area contributed by atoms with E-state index in [1.54, 1.807) is 7.11 Å². The highest BCUT2D eigenvalue weighted by atomic mass is 16.5. The van der Waals surface area contributed by atoms with E-state index in [1.165, 1.54) is 0 Å². The number of likely N-dealkylation sites (N-methyl/N-ethyl adjacent to an activating group) is 1. The van der Waals surface area contributed by atoms with Crippen LogP contribution in [0, 0.1) is 0 Å². The van der Waals surface area contributed by atoms with E-state index in [2.05, 4.69) is 9.80 Å². The summed E-state index contributed by atoms with van der Waals surface area (Å²) < 4.78 is 16.8. The van der Waals surface area contributed by atoms with E-state index in [0.29, 0.717) is 19.7 Å². The average Bonchev–Trinajstić information content (AvgIpc) is 2.93. The van der Waals surface area contributed by atoms with E-state index in [4.69, 9.17) is 53.8 Å². The molecule has 0 bridgehead atoms. The lowest BCUT2D eigenvalue weighted by Crippen LogP contribution is -2.43. The summed E-state index contributed by atoms with van der Waals surface area (Å²) in [6.07, 6.45) is -0.381. The number of benzene rings is 2. The van der Waals surface area contributed by atoms with E-state index < -0.39 is 23.9 Å². The first kappa shape index (κ1) is 34.8. The minimum atomic E-state index is -1.82. The van der Waals surface area contributed by atoms with Gasteiger partial charge >= 0.3 is 23.9 Å². The fraction of sp³-hybridized carbons (Fsp3) is 0.407. The molecule has 1 unspecified atom stereocenters. The molecule has 2 aromatic rings. The van der Waals surface area contributed by atoms with Crippen LogP contribution >= 0.6 is 0 Å². The first-order valence-electron chi connectivity index (χ1n) is 12.4. The number of methoxy groups -OCH3 is 1. The van der Waals surface area contributed by atoms with E-state index in [1.807, 2.05) is 55.6 Å². The Morgan fingerprint density at radius 1 is 0.878 bits per heavy atom. The number of carbonyl (C=O) groups is 4. The van der Waals surface area contributed by atoms with E-state index in [9.17, 15) is 5.11 Å². The maximum absolute atomic E-state index is 10.4. The third kappa shape index (κ3) is 15.2. The van der Waals surface area contributed by atoms with Gasteiger partial charge < -0.3 is 39.7 Å². The van der Waals surface area contributed by atoms with Crippen LogP contribution in [0.25, 0.3) is 0 Å². The molecule has 1 aliphatic heterocycles. The Balaban J connectivity index is 0.000000588. The minimum Gasteiger partial charge on any atom is -0.493 e. The SMILES string of the molecule is COc1cc(CN(C)CC(O)CN2CCOCC2)ccc1OCc1ccccc1.O=C(O)C(=O)O.O=C(O)C(=O)O. The average molecular weight is 581 g/mol. The zero-order chi connectivity index (χ0) is 30.8. The summed E-state index contributed by atoms with van der Waals surface area (Å²) in [7, 11) is 3.68. The Morgan fingerprint density at radius 2 is 1.44 bits per heavy atom. The predicted octanol–water partition coefficient (Wildman–Crippen LogP) is 0.710. The lowest BCUT2D eigenvalue weighted by Gasteiger charge is -2.30. The lowest BCUT2D eigenvalue weighted by atomic mass is 10.1. The maximum Gasteiger partial charge on any atom is 0.414 e. The van der Waals surface area contributed by atoms with Gasteiger partial charge in [0.05, 0.1) is 26.4 Å². The smallest absolute Gasteiger partial charge is 0.414 e. The molecule has 3 rings (SSSR count). The van der Waals surface area contributed by atoms with Crippen LogP contribution in [0.15, 0.2) is 48.5 Å². The Bertz CT molecular complexity index is 1060. The molecule has 14 nitrogen and oxygen atoms in total. The van der Waals surface area contributed by atoms with Gasteiger partial charge in [0.15, 0.2) is 11.5 Å². The second-order valence-electron chi connectivity index (χ2n) is 8.74. The highest BCUT2D eigenvalue weighted by Crippen LogP contribution is 2.29. The predicted molar refractivity (Wildman–Crippen MR) is 144 cm³/mol. The van der Waals surface area contributed by atoms with Crippen LogP contribution in [0.5, 0.6) is 11.5 Å². The van der Waals surface area contributed by atoms with Crippen molar-refractivity contribution in [1.82, 2.24) is 9.80 Å². The maximum atomic E-state index is 10.4. The van der Waals surface area contributed by atoms with Crippen LogP contribution in [0.4, 0.5) is 0 Å².